The number of carbonyl (C=O) groups is 2. The van der Waals surface area contributed by atoms with Gasteiger partial charge in [-0.15, -0.1) is 10.2 Å². The maximum absolute atomic E-state index is 13.0. The Morgan fingerprint density at radius 3 is 2.62 bits per heavy atom. The van der Waals surface area contributed by atoms with Crippen LogP contribution in [-0.2, 0) is 4.79 Å². The zero-order valence-electron chi connectivity index (χ0n) is 13.6. The molecule has 26 heavy (non-hydrogen) atoms. The van der Waals surface area contributed by atoms with E-state index in [1.165, 1.54) is 16.5 Å². The Labute approximate surface area is 152 Å². The van der Waals surface area contributed by atoms with Gasteiger partial charge < -0.3 is 9.52 Å². The van der Waals surface area contributed by atoms with Crippen molar-refractivity contribution in [1.82, 2.24) is 10.2 Å². The van der Waals surface area contributed by atoms with Crippen molar-refractivity contribution < 1.29 is 19.1 Å². The Kier molecular flexibility index (Phi) is 3.89. The largest absolute Gasteiger partial charge is 0.503 e. The Bertz CT molecular complexity index is 1010. The molecule has 1 aliphatic rings. The molecule has 0 saturated heterocycles. The molecule has 1 aliphatic heterocycles. The molecule has 1 atom stereocenters. The van der Waals surface area contributed by atoms with Gasteiger partial charge in [-0.25, -0.2) is 0 Å². The number of rotatable bonds is 4. The lowest BCUT2D eigenvalue weighted by atomic mass is 9.95. The lowest BCUT2D eigenvalue weighted by Crippen LogP contribution is -2.31. The first-order valence-electron chi connectivity index (χ1n) is 7.77. The number of hydrogen-bond donors (Lipinski definition) is 1. The standard InChI is InChI=1S/C18H13N3O4S/c1-10-7-8-12(25-10)15(22)13-14(11-5-3-2-4-6-11)21(17(24)16(13)23)18-20-19-9-26-18/h2-9,14,23H,1H3. The van der Waals surface area contributed by atoms with Crippen LogP contribution < -0.4 is 4.90 Å². The van der Waals surface area contributed by atoms with Gasteiger partial charge in [0.25, 0.3) is 5.91 Å². The topological polar surface area (TPSA) is 96.5 Å². The predicted octanol–water partition coefficient (Wildman–Crippen LogP) is 3.22. The van der Waals surface area contributed by atoms with E-state index in [2.05, 4.69) is 10.2 Å². The third-order valence-electron chi connectivity index (χ3n) is 4.09. The number of benzene rings is 1. The fourth-order valence-corrected chi connectivity index (χ4v) is 3.53. The van der Waals surface area contributed by atoms with Crippen LogP contribution in [0.3, 0.4) is 0 Å². The number of aromatic nitrogens is 2. The van der Waals surface area contributed by atoms with Crippen LogP contribution in [0.2, 0.25) is 0 Å². The van der Waals surface area contributed by atoms with Crippen molar-refractivity contribution in [2.24, 2.45) is 0 Å². The average Bonchev–Trinajstić information content (AvgIpc) is 3.37. The van der Waals surface area contributed by atoms with E-state index in [-0.39, 0.29) is 11.3 Å². The van der Waals surface area contributed by atoms with Gasteiger partial charge >= 0.3 is 0 Å². The number of aliphatic hydroxyl groups is 1. The van der Waals surface area contributed by atoms with Gasteiger partial charge in [0.05, 0.1) is 11.6 Å². The fourth-order valence-electron chi connectivity index (χ4n) is 2.95. The smallest absolute Gasteiger partial charge is 0.296 e. The molecular weight excluding hydrogens is 354 g/mol. The van der Waals surface area contributed by atoms with Gasteiger partial charge in [-0.3, -0.25) is 14.5 Å². The number of carbonyl (C=O) groups excluding carboxylic acids is 2. The molecule has 1 amide bonds. The summed E-state index contributed by atoms with van der Waals surface area (Å²) in [6.07, 6.45) is 0. The van der Waals surface area contributed by atoms with Crippen molar-refractivity contribution >= 4 is 28.2 Å². The number of furan rings is 1. The molecule has 4 rings (SSSR count). The van der Waals surface area contributed by atoms with Crippen LogP contribution in [-0.4, -0.2) is 27.0 Å². The molecule has 8 heteroatoms. The van der Waals surface area contributed by atoms with Crippen molar-refractivity contribution in [2.45, 2.75) is 13.0 Å². The highest BCUT2D eigenvalue weighted by atomic mass is 32.1. The van der Waals surface area contributed by atoms with E-state index in [4.69, 9.17) is 4.42 Å². The van der Waals surface area contributed by atoms with E-state index >= 15 is 0 Å². The van der Waals surface area contributed by atoms with Gasteiger partial charge in [0.2, 0.25) is 10.9 Å². The van der Waals surface area contributed by atoms with E-state index in [1.54, 1.807) is 37.3 Å². The molecule has 1 unspecified atom stereocenters. The quantitative estimate of drug-likeness (QED) is 0.711. The minimum atomic E-state index is -0.811. The molecule has 0 fully saturated rings. The number of aliphatic hydroxyl groups excluding tert-OH is 1. The van der Waals surface area contributed by atoms with Crippen molar-refractivity contribution in [3.8, 4) is 0 Å². The lowest BCUT2D eigenvalue weighted by Gasteiger charge is -2.23. The molecule has 0 aliphatic carbocycles. The predicted molar refractivity (Wildman–Crippen MR) is 94.0 cm³/mol. The van der Waals surface area contributed by atoms with Crippen molar-refractivity contribution in [2.75, 3.05) is 4.90 Å². The third-order valence-corrected chi connectivity index (χ3v) is 4.78. The number of amides is 1. The van der Waals surface area contributed by atoms with Gasteiger partial charge in [0.15, 0.2) is 11.5 Å². The second-order valence-electron chi connectivity index (χ2n) is 5.71. The van der Waals surface area contributed by atoms with Crippen LogP contribution >= 0.6 is 11.3 Å². The molecule has 3 aromatic rings. The van der Waals surface area contributed by atoms with E-state index in [0.29, 0.717) is 16.5 Å². The summed E-state index contributed by atoms with van der Waals surface area (Å²) in [6.45, 7) is 1.72. The molecule has 0 saturated carbocycles. The van der Waals surface area contributed by atoms with Gasteiger partial charge in [-0.1, -0.05) is 41.7 Å². The van der Waals surface area contributed by atoms with E-state index in [9.17, 15) is 14.7 Å². The molecule has 0 spiro atoms. The van der Waals surface area contributed by atoms with Crippen LogP contribution in [0.4, 0.5) is 5.13 Å². The van der Waals surface area contributed by atoms with E-state index < -0.39 is 23.5 Å². The van der Waals surface area contributed by atoms with Crippen molar-refractivity contribution in [3.05, 3.63) is 76.4 Å². The molecule has 1 N–H and O–H groups in total. The average molecular weight is 367 g/mol. The van der Waals surface area contributed by atoms with Crippen molar-refractivity contribution in [3.63, 3.8) is 0 Å². The summed E-state index contributed by atoms with van der Waals surface area (Å²) in [5, 5.41) is 18.5. The highest BCUT2D eigenvalue weighted by Gasteiger charge is 2.46. The Hall–Kier alpha value is -3.26. The normalized spacial score (nSPS) is 17.2. The Balaban J connectivity index is 1.87. The minimum absolute atomic E-state index is 0.0363. The monoisotopic (exact) mass is 367 g/mol. The maximum atomic E-state index is 13.0. The Morgan fingerprint density at radius 2 is 2.00 bits per heavy atom. The first-order chi connectivity index (χ1) is 12.6. The summed E-state index contributed by atoms with van der Waals surface area (Å²) in [5.74, 6) is -1.20. The second kappa shape index (κ2) is 6.23. The van der Waals surface area contributed by atoms with E-state index in [0.717, 1.165) is 11.3 Å². The van der Waals surface area contributed by atoms with Crippen molar-refractivity contribution in [1.29, 1.82) is 0 Å². The van der Waals surface area contributed by atoms with Crippen LogP contribution in [0.1, 0.15) is 27.9 Å². The first-order valence-corrected chi connectivity index (χ1v) is 8.65. The molecule has 130 valence electrons. The van der Waals surface area contributed by atoms with Gasteiger partial charge in [-0.05, 0) is 24.6 Å². The second-order valence-corrected chi connectivity index (χ2v) is 6.52. The minimum Gasteiger partial charge on any atom is -0.503 e. The molecule has 1 aromatic carbocycles. The summed E-state index contributed by atoms with van der Waals surface area (Å²) in [7, 11) is 0. The zero-order chi connectivity index (χ0) is 18.3. The molecule has 0 bridgehead atoms. The molecule has 3 heterocycles. The summed E-state index contributed by atoms with van der Waals surface area (Å²) >= 11 is 1.15. The molecule has 0 radical (unpaired) electrons. The first kappa shape index (κ1) is 16.2. The summed E-state index contributed by atoms with van der Waals surface area (Å²) < 4.78 is 5.40. The zero-order valence-corrected chi connectivity index (χ0v) is 14.4. The number of aryl methyl sites for hydroxylation is 1. The molecular formula is C18H13N3O4S. The third kappa shape index (κ3) is 2.51. The number of Topliss-reactive ketones (excluding diaryl/α,β-unsaturated/α-hetero) is 1. The van der Waals surface area contributed by atoms with Crippen LogP contribution in [0, 0.1) is 6.92 Å². The van der Waals surface area contributed by atoms with Crippen LogP contribution in [0.25, 0.3) is 0 Å². The maximum Gasteiger partial charge on any atom is 0.296 e. The number of anilines is 1. The number of ketones is 1. The van der Waals surface area contributed by atoms with Gasteiger partial charge in [-0.2, -0.15) is 0 Å². The van der Waals surface area contributed by atoms with Crippen LogP contribution in [0.15, 0.2) is 63.7 Å². The Morgan fingerprint density at radius 1 is 1.23 bits per heavy atom. The van der Waals surface area contributed by atoms with E-state index in [1.807, 2.05) is 6.07 Å². The van der Waals surface area contributed by atoms with Gasteiger partial charge in [0.1, 0.15) is 11.3 Å². The highest BCUT2D eigenvalue weighted by molar-refractivity contribution is 7.13. The fraction of sp³-hybridized carbons (Fsp3) is 0.111. The summed E-state index contributed by atoms with van der Waals surface area (Å²) in [6, 6.07) is 11.4. The lowest BCUT2D eigenvalue weighted by molar-refractivity contribution is -0.117. The SMILES string of the molecule is Cc1ccc(C(=O)C2=C(O)C(=O)N(c3nncs3)C2c2ccccc2)o1. The highest BCUT2D eigenvalue weighted by Crippen LogP contribution is 2.42. The molecule has 2 aromatic heterocycles. The van der Waals surface area contributed by atoms with Crippen LogP contribution in [0.5, 0.6) is 0 Å². The van der Waals surface area contributed by atoms with Gasteiger partial charge in [0, 0.05) is 0 Å². The summed E-state index contributed by atoms with van der Waals surface area (Å²) in [4.78, 5) is 27.0. The number of nitrogens with zero attached hydrogens (tertiary/aromatic N) is 3. The molecule has 7 nitrogen and oxygen atoms in total. The summed E-state index contributed by atoms with van der Waals surface area (Å²) in [5.41, 5.74) is 2.12. The number of hydrogen-bond acceptors (Lipinski definition) is 7.